The first kappa shape index (κ1) is 20.0. The molecular formula is C19H28N2O3. The van der Waals surface area contributed by atoms with E-state index in [-0.39, 0.29) is 5.91 Å². The molecule has 1 rings (SSSR count). The second-order valence-electron chi connectivity index (χ2n) is 5.91. The first-order chi connectivity index (χ1) is 11.5. The number of carbonyl (C=O) groups excluding carboxylic acids is 1. The summed E-state index contributed by atoms with van der Waals surface area (Å²) in [4.78, 5) is 12.5. The zero-order valence-electron chi connectivity index (χ0n) is 15.1. The molecule has 0 aliphatic carbocycles. The topological polar surface area (TPSA) is 71.3 Å². The third kappa shape index (κ3) is 5.54. The quantitative estimate of drug-likeness (QED) is 0.649. The Morgan fingerprint density at radius 3 is 2.58 bits per heavy atom. The van der Waals surface area contributed by atoms with Crippen LogP contribution in [0.1, 0.15) is 58.9 Å². The van der Waals surface area contributed by atoms with Crippen LogP contribution in [0.3, 0.4) is 0 Å². The summed E-state index contributed by atoms with van der Waals surface area (Å²) in [5.74, 6) is 0.339. The fourth-order valence-corrected chi connectivity index (χ4v) is 2.07. The molecule has 0 fully saturated rings. The van der Waals surface area contributed by atoms with Crippen LogP contribution in [0, 0.1) is 11.3 Å². The largest absolute Gasteiger partial charge is 0.492 e. The van der Waals surface area contributed by atoms with Crippen LogP contribution >= 0.6 is 0 Å². The van der Waals surface area contributed by atoms with E-state index in [2.05, 4.69) is 18.3 Å². The number of unbranched alkanes of at least 4 members (excludes halogenated alkanes) is 1. The van der Waals surface area contributed by atoms with Crippen molar-refractivity contribution in [3.05, 3.63) is 23.8 Å². The summed E-state index contributed by atoms with van der Waals surface area (Å²) in [5.41, 5.74) is 0.106. The van der Waals surface area contributed by atoms with Gasteiger partial charge in [0.2, 0.25) is 0 Å². The van der Waals surface area contributed by atoms with Gasteiger partial charge >= 0.3 is 0 Å². The van der Waals surface area contributed by atoms with Crippen LogP contribution in [-0.2, 0) is 9.53 Å². The Hall–Kier alpha value is -2.06. The molecule has 0 saturated heterocycles. The highest BCUT2D eigenvalue weighted by Crippen LogP contribution is 2.24. The minimum absolute atomic E-state index is 0.206. The zero-order chi connectivity index (χ0) is 18.0. The van der Waals surface area contributed by atoms with Crippen LogP contribution in [0.25, 0.3) is 0 Å². The number of nitrogens with one attached hydrogen (secondary N) is 1. The lowest BCUT2D eigenvalue weighted by Gasteiger charge is -2.27. The first-order valence-corrected chi connectivity index (χ1v) is 8.63. The molecule has 1 amide bonds. The highest BCUT2D eigenvalue weighted by Gasteiger charge is 2.32. The Balaban J connectivity index is 2.84. The van der Waals surface area contributed by atoms with E-state index in [0.717, 1.165) is 19.3 Å². The average molecular weight is 332 g/mol. The summed E-state index contributed by atoms with van der Waals surface area (Å²) in [6, 6.07) is 7.22. The van der Waals surface area contributed by atoms with E-state index in [1.807, 2.05) is 13.8 Å². The monoisotopic (exact) mass is 332 g/mol. The van der Waals surface area contributed by atoms with Crippen LogP contribution in [0.15, 0.2) is 18.2 Å². The maximum Gasteiger partial charge on any atom is 0.256 e. The van der Waals surface area contributed by atoms with Crippen molar-refractivity contribution in [2.45, 2.75) is 59.0 Å². The second kappa shape index (κ2) is 9.94. The fourth-order valence-electron chi connectivity index (χ4n) is 2.07. The van der Waals surface area contributed by atoms with Crippen LogP contribution in [0.2, 0.25) is 0 Å². The maximum absolute atomic E-state index is 12.5. The maximum atomic E-state index is 12.5. The predicted octanol–water partition coefficient (Wildman–Crippen LogP) is 4.27. The molecule has 5 nitrogen and oxygen atoms in total. The molecule has 0 radical (unpaired) electrons. The summed E-state index contributed by atoms with van der Waals surface area (Å²) >= 11 is 0. The molecule has 0 aliphatic rings. The number of anilines is 1. The Bertz CT molecular complexity index is 580. The molecule has 0 aromatic heterocycles. The normalized spacial score (nSPS) is 13.0. The number of rotatable bonds is 10. The fraction of sp³-hybridized carbons (Fsp3) is 0.579. The van der Waals surface area contributed by atoms with Crippen LogP contribution in [0.5, 0.6) is 5.75 Å². The van der Waals surface area contributed by atoms with E-state index in [9.17, 15) is 10.1 Å². The highest BCUT2D eigenvalue weighted by atomic mass is 16.5. The SMILES string of the molecule is CCCCOc1ccc(NC(=O)[C@](C)(CC)OCCC)cc1C#N. The minimum Gasteiger partial charge on any atom is -0.492 e. The van der Waals surface area contributed by atoms with Crippen LogP contribution < -0.4 is 10.1 Å². The van der Waals surface area contributed by atoms with Gasteiger partial charge < -0.3 is 14.8 Å². The van der Waals surface area contributed by atoms with Gasteiger partial charge in [0.15, 0.2) is 0 Å². The van der Waals surface area contributed by atoms with Gasteiger partial charge in [0.05, 0.1) is 12.2 Å². The van der Waals surface area contributed by atoms with Crippen molar-refractivity contribution in [3.63, 3.8) is 0 Å². The van der Waals surface area contributed by atoms with E-state index in [1.54, 1.807) is 25.1 Å². The van der Waals surface area contributed by atoms with Gasteiger partial charge in [0.1, 0.15) is 17.4 Å². The summed E-state index contributed by atoms with van der Waals surface area (Å²) < 4.78 is 11.3. The molecule has 5 heteroatoms. The van der Waals surface area contributed by atoms with Crippen molar-refractivity contribution in [3.8, 4) is 11.8 Å². The summed E-state index contributed by atoms with van der Waals surface area (Å²) in [7, 11) is 0. The van der Waals surface area contributed by atoms with Gasteiger partial charge in [-0.2, -0.15) is 5.26 Å². The van der Waals surface area contributed by atoms with Crippen molar-refractivity contribution in [1.82, 2.24) is 0 Å². The molecule has 132 valence electrons. The third-order valence-electron chi connectivity index (χ3n) is 3.89. The summed E-state index contributed by atoms with van der Waals surface area (Å²) in [6.07, 6.45) is 3.39. The molecule has 24 heavy (non-hydrogen) atoms. The number of hydrogen-bond acceptors (Lipinski definition) is 4. The third-order valence-corrected chi connectivity index (χ3v) is 3.89. The van der Waals surface area contributed by atoms with Gasteiger partial charge in [0.25, 0.3) is 5.91 Å². The van der Waals surface area contributed by atoms with Crippen LogP contribution in [0.4, 0.5) is 5.69 Å². The molecule has 0 unspecified atom stereocenters. The minimum atomic E-state index is -0.876. The Morgan fingerprint density at radius 2 is 2.00 bits per heavy atom. The molecule has 1 aromatic carbocycles. The zero-order valence-corrected chi connectivity index (χ0v) is 15.1. The van der Waals surface area contributed by atoms with Gasteiger partial charge in [-0.15, -0.1) is 0 Å². The Kier molecular flexibility index (Phi) is 8.28. The van der Waals surface area contributed by atoms with Gasteiger partial charge in [0, 0.05) is 12.3 Å². The van der Waals surface area contributed by atoms with Crippen LogP contribution in [-0.4, -0.2) is 24.7 Å². The smallest absolute Gasteiger partial charge is 0.256 e. The van der Waals surface area contributed by atoms with E-state index < -0.39 is 5.60 Å². The number of amides is 1. The average Bonchev–Trinajstić information content (AvgIpc) is 2.60. The van der Waals surface area contributed by atoms with E-state index in [4.69, 9.17) is 9.47 Å². The second-order valence-corrected chi connectivity index (χ2v) is 5.91. The van der Waals surface area contributed by atoms with Crippen molar-refractivity contribution in [1.29, 1.82) is 5.26 Å². The molecule has 0 bridgehead atoms. The van der Waals surface area contributed by atoms with Gasteiger partial charge in [-0.25, -0.2) is 0 Å². The van der Waals surface area contributed by atoms with Crippen molar-refractivity contribution in [2.75, 3.05) is 18.5 Å². The first-order valence-electron chi connectivity index (χ1n) is 8.63. The number of nitrogens with zero attached hydrogens (tertiary/aromatic N) is 1. The van der Waals surface area contributed by atoms with Gasteiger partial charge in [-0.1, -0.05) is 27.2 Å². The number of hydrogen-bond donors (Lipinski definition) is 1. The lowest BCUT2D eigenvalue weighted by Crippen LogP contribution is -2.42. The van der Waals surface area contributed by atoms with Gasteiger partial charge in [-0.05, 0) is 44.4 Å². The highest BCUT2D eigenvalue weighted by molar-refractivity contribution is 5.97. The molecular weight excluding hydrogens is 304 g/mol. The molecule has 1 atom stereocenters. The molecule has 0 saturated carbocycles. The van der Waals surface area contributed by atoms with E-state index >= 15 is 0 Å². The molecule has 0 aliphatic heterocycles. The van der Waals surface area contributed by atoms with Crippen molar-refractivity contribution >= 4 is 11.6 Å². The van der Waals surface area contributed by atoms with Crippen molar-refractivity contribution < 1.29 is 14.3 Å². The number of carbonyl (C=O) groups is 1. The molecule has 0 heterocycles. The van der Waals surface area contributed by atoms with Crippen molar-refractivity contribution in [2.24, 2.45) is 0 Å². The van der Waals surface area contributed by atoms with Gasteiger partial charge in [-0.3, -0.25) is 4.79 Å². The lowest BCUT2D eigenvalue weighted by atomic mass is 10.0. The molecule has 0 spiro atoms. The predicted molar refractivity (Wildman–Crippen MR) is 95.1 cm³/mol. The lowest BCUT2D eigenvalue weighted by molar-refractivity contribution is -0.139. The molecule has 1 N–H and O–H groups in total. The molecule has 1 aromatic rings. The summed E-state index contributed by atoms with van der Waals surface area (Å²) in [5, 5.41) is 12.1. The standard InChI is InChI=1S/C19H28N2O3/c1-5-8-12-23-17-10-9-16(13-15(17)14-20)21-18(22)19(4,7-3)24-11-6-2/h9-10,13H,5-8,11-12H2,1-4H3,(H,21,22)/t19-/m0/s1. The Labute approximate surface area is 145 Å². The Morgan fingerprint density at radius 1 is 1.25 bits per heavy atom. The number of ether oxygens (including phenoxy) is 2. The summed E-state index contributed by atoms with van der Waals surface area (Å²) in [6.45, 7) is 8.90. The number of nitriles is 1. The number of benzene rings is 1. The van der Waals surface area contributed by atoms with E-state index in [0.29, 0.717) is 36.6 Å². The van der Waals surface area contributed by atoms with E-state index in [1.165, 1.54) is 0 Å².